The number of nitrogens with zero attached hydrogens (tertiary/aromatic N) is 4. The van der Waals surface area contributed by atoms with Crippen LogP contribution in [0.2, 0.25) is 0 Å². The molecule has 0 radical (unpaired) electrons. The van der Waals surface area contributed by atoms with Crippen LogP contribution in [0.3, 0.4) is 0 Å². The van der Waals surface area contributed by atoms with Crippen LogP contribution in [0.4, 0.5) is 5.69 Å². The number of carbonyl (C=O) groups excluding carboxylic acids is 1. The van der Waals surface area contributed by atoms with Crippen LogP contribution in [0.1, 0.15) is 40.0 Å². The topological polar surface area (TPSA) is 92.0 Å². The molecule has 4 aromatic rings. The number of aromatic nitrogens is 3. The summed E-state index contributed by atoms with van der Waals surface area (Å²) < 4.78 is 7.84. The molecule has 5 rings (SSSR count). The fourth-order valence-corrected chi connectivity index (χ4v) is 4.14. The smallest absolute Gasteiger partial charge is 0.255 e. The van der Waals surface area contributed by atoms with Gasteiger partial charge in [0, 0.05) is 48.4 Å². The van der Waals surface area contributed by atoms with Crippen LogP contribution in [0.25, 0.3) is 5.65 Å². The summed E-state index contributed by atoms with van der Waals surface area (Å²) in [6.07, 6.45) is 8.78. The molecule has 36 heavy (non-hydrogen) atoms. The SMILES string of the molecule is Cc1ccc(C(=O)Nc2ccc(OC3CCN(C)CC3)c(O)c2)cc1C#Cc1cnc2cnccn12. The molecule has 3 heterocycles. The number of benzene rings is 2. The van der Waals surface area contributed by atoms with Crippen molar-refractivity contribution in [1.82, 2.24) is 19.3 Å². The van der Waals surface area contributed by atoms with Gasteiger partial charge in [-0.3, -0.25) is 14.2 Å². The Morgan fingerprint density at radius 3 is 2.78 bits per heavy atom. The van der Waals surface area contributed by atoms with Crippen LogP contribution in [0, 0.1) is 18.8 Å². The van der Waals surface area contributed by atoms with Crippen molar-refractivity contribution < 1.29 is 14.6 Å². The highest BCUT2D eigenvalue weighted by Gasteiger charge is 2.19. The van der Waals surface area contributed by atoms with Gasteiger partial charge >= 0.3 is 0 Å². The van der Waals surface area contributed by atoms with Crippen LogP contribution in [0.15, 0.2) is 61.2 Å². The normalized spacial score (nSPS) is 14.3. The van der Waals surface area contributed by atoms with Gasteiger partial charge in [0.15, 0.2) is 17.1 Å². The highest BCUT2D eigenvalue weighted by molar-refractivity contribution is 6.04. The van der Waals surface area contributed by atoms with Crippen molar-refractivity contribution >= 4 is 17.2 Å². The Hall–Kier alpha value is -4.35. The van der Waals surface area contributed by atoms with E-state index >= 15 is 0 Å². The molecule has 8 heteroatoms. The number of phenolic OH excluding ortho intramolecular Hbond substituents is 1. The van der Waals surface area contributed by atoms with Crippen molar-refractivity contribution in [2.45, 2.75) is 25.9 Å². The second-order valence-electron chi connectivity index (χ2n) is 8.98. The summed E-state index contributed by atoms with van der Waals surface area (Å²) in [5.41, 5.74) is 4.12. The second kappa shape index (κ2) is 10.1. The monoisotopic (exact) mass is 481 g/mol. The summed E-state index contributed by atoms with van der Waals surface area (Å²) in [6, 6.07) is 10.3. The van der Waals surface area contributed by atoms with E-state index in [1.165, 1.54) is 6.07 Å². The maximum atomic E-state index is 12.9. The lowest BCUT2D eigenvalue weighted by Gasteiger charge is -2.29. The van der Waals surface area contributed by atoms with E-state index in [2.05, 4.69) is 39.1 Å². The number of likely N-dealkylation sites (tertiary alicyclic amines) is 1. The van der Waals surface area contributed by atoms with Crippen LogP contribution in [0.5, 0.6) is 11.5 Å². The number of hydrogen-bond acceptors (Lipinski definition) is 6. The zero-order valence-electron chi connectivity index (χ0n) is 20.2. The molecule has 2 N–H and O–H groups in total. The molecule has 1 amide bonds. The highest BCUT2D eigenvalue weighted by Crippen LogP contribution is 2.31. The number of anilines is 1. The lowest BCUT2D eigenvalue weighted by molar-refractivity contribution is 0.102. The van der Waals surface area contributed by atoms with Crippen LogP contribution < -0.4 is 10.1 Å². The van der Waals surface area contributed by atoms with E-state index in [1.807, 2.05) is 23.6 Å². The standard InChI is InChI=1S/C28H27N5O3/c1-19-3-4-21(15-20(19)5-7-23-17-30-27-18-29-11-14-33(23)27)28(35)31-22-6-8-26(25(34)16-22)36-24-9-12-32(2)13-10-24/h3-4,6,8,11,14-18,24,34H,9-10,12-13H2,1-2H3,(H,31,35). The van der Waals surface area contributed by atoms with Gasteiger partial charge in [0.05, 0.1) is 12.4 Å². The number of carbonyl (C=O) groups is 1. The van der Waals surface area contributed by atoms with Crippen molar-refractivity contribution in [3.63, 3.8) is 0 Å². The molecule has 1 aliphatic heterocycles. The maximum Gasteiger partial charge on any atom is 0.255 e. The van der Waals surface area contributed by atoms with Crippen molar-refractivity contribution in [3.8, 4) is 23.3 Å². The number of imidazole rings is 1. The van der Waals surface area contributed by atoms with Crippen LogP contribution in [-0.4, -0.2) is 56.5 Å². The third-order valence-corrected chi connectivity index (χ3v) is 6.32. The number of hydrogen-bond donors (Lipinski definition) is 2. The second-order valence-corrected chi connectivity index (χ2v) is 8.98. The van der Waals surface area contributed by atoms with Gasteiger partial charge in [-0.15, -0.1) is 0 Å². The van der Waals surface area contributed by atoms with Crippen LogP contribution in [-0.2, 0) is 0 Å². The van der Waals surface area contributed by atoms with E-state index in [4.69, 9.17) is 4.74 Å². The summed E-state index contributed by atoms with van der Waals surface area (Å²) in [4.78, 5) is 23.6. The first-order valence-electron chi connectivity index (χ1n) is 11.9. The molecule has 0 aliphatic carbocycles. The first-order chi connectivity index (χ1) is 17.5. The molecule has 1 fully saturated rings. The highest BCUT2D eigenvalue weighted by atomic mass is 16.5. The average molecular weight is 482 g/mol. The fraction of sp³-hybridized carbons (Fsp3) is 0.250. The number of rotatable bonds is 4. The summed E-state index contributed by atoms with van der Waals surface area (Å²) in [6.45, 7) is 3.89. The van der Waals surface area contributed by atoms with E-state index in [1.54, 1.807) is 42.9 Å². The summed E-state index contributed by atoms with van der Waals surface area (Å²) >= 11 is 0. The minimum absolute atomic E-state index is 0.00502. The third-order valence-electron chi connectivity index (χ3n) is 6.32. The minimum atomic E-state index is -0.290. The zero-order chi connectivity index (χ0) is 25.1. The molecule has 2 aromatic carbocycles. The van der Waals surface area contributed by atoms with Crippen molar-refractivity contribution in [2.24, 2.45) is 0 Å². The number of phenols is 1. The molecule has 2 aromatic heterocycles. The number of aryl methyl sites for hydroxylation is 1. The Morgan fingerprint density at radius 1 is 1.14 bits per heavy atom. The molecular weight excluding hydrogens is 454 g/mol. The number of nitrogens with one attached hydrogen (secondary N) is 1. The molecule has 1 aliphatic rings. The molecule has 0 saturated carbocycles. The number of piperidine rings is 1. The van der Waals surface area contributed by atoms with Gasteiger partial charge < -0.3 is 20.1 Å². The molecule has 0 unspecified atom stereocenters. The number of aromatic hydroxyl groups is 1. The predicted octanol–water partition coefficient (Wildman–Crippen LogP) is 3.87. The van der Waals surface area contributed by atoms with Crippen molar-refractivity contribution in [2.75, 3.05) is 25.5 Å². The van der Waals surface area contributed by atoms with Gasteiger partial charge in [0.1, 0.15) is 11.8 Å². The first-order valence-corrected chi connectivity index (χ1v) is 11.9. The molecular formula is C28H27N5O3. The van der Waals surface area contributed by atoms with Gasteiger partial charge in [-0.1, -0.05) is 12.0 Å². The van der Waals surface area contributed by atoms with Gasteiger partial charge in [-0.2, -0.15) is 0 Å². The third kappa shape index (κ3) is 5.16. The molecule has 0 atom stereocenters. The molecule has 1 saturated heterocycles. The van der Waals surface area contributed by atoms with E-state index < -0.39 is 0 Å². The van der Waals surface area contributed by atoms with Gasteiger partial charge in [-0.25, -0.2) is 4.98 Å². The lowest BCUT2D eigenvalue weighted by Crippen LogP contribution is -2.35. The maximum absolute atomic E-state index is 12.9. The number of ether oxygens (including phenoxy) is 1. The van der Waals surface area contributed by atoms with E-state index in [9.17, 15) is 9.90 Å². The van der Waals surface area contributed by atoms with Gasteiger partial charge in [0.2, 0.25) is 0 Å². The number of amides is 1. The Balaban J connectivity index is 1.29. The Bertz CT molecular complexity index is 1480. The lowest BCUT2D eigenvalue weighted by atomic mass is 10.0. The van der Waals surface area contributed by atoms with Gasteiger partial charge in [-0.05, 0) is 62.6 Å². The Labute approximate surface area is 209 Å². The minimum Gasteiger partial charge on any atom is -0.504 e. The van der Waals surface area contributed by atoms with E-state index in [0.717, 1.165) is 48.4 Å². The Kier molecular flexibility index (Phi) is 6.56. The predicted molar refractivity (Wildman–Crippen MR) is 137 cm³/mol. The summed E-state index contributed by atoms with van der Waals surface area (Å²) in [7, 11) is 2.09. The van der Waals surface area contributed by atoms with Gasteiger partial charge in [0.25, 0.3) is 5.91 Å². The summed E-state index contributed by atoms with van der Waals surface area (Å²) in [5.74, 6) is 6.43. The fourth-order valence-electron chi connectivity index (χ4n) is 4.14. The molecule has 8 nitrogen and oxygen atoms in total. The molecule has 182 valence electrons. The number of fused-ring (bicyclic) bond motifs is 1. The summed E-state index contributed by atoms with van der Waals surface area (Å²) in [5, 5.41) is 13.3. The average Bonchev–Trinajstić information content (AvgIpc) is 3.29. The van der Waals surface area contributed by atoms with Crippen molar-refractivity contribution in [3.05, 3.63) is 83.6 Å². The molecule has 0 spiro atoms. The quantitative estimate of drug-likeness (QED) is 0.430. The van der Waals surface area contributed by atoms with E-state index in [-0.39, 0.29) is 17.8 Å². The van der Waals surface area contributed by atoms with Crippen LogP contribution >= 0.6 is 0 Å². The molecule has 0 bridgehead atoms. The first kappa shape index (κ1) is 23.4. The zero-order valence-corrected chi connectivity index (χ0v) is 20.2. The van der Waals surface area contributed by atoms with Crippen molar-refractivity contribution in [1.29, 1.82) is 0 Å². The largest absolute Gasteiger partial charge is 0.504 e. The van der Waals surface area contributed by atoms with E-state index in [0.29, 0.717) is 17.0 Å². The Morgan fingerprint density at radius 2 is 1.97 bits per heavy atom.